The SMILES string of the molecule is Cc1ccc(NC(=O)c2ccc(=O)n(-c3ccccc3)n2)c(F)c1. The zero-order valence-electron chi connectivity index (χ0n) is 12.9. The number of carbonyl (C=O) groups is 1. The molecule has 0 unspecified atom stereocenters. The van der Waals surface area contributed by atoms with Gasteiger partial charge in [-0.1, -0.05) is 24.3 Å². The second-order valence-corrected chi connectivity index (χ2v) is 5.24. The van der Waals surface area contributed by atoms with Gasteiger partial charge in [0.2, 0.25) is 0 Å². The Morgan fingerprint density at radius 3 is 2.54 bits per heavy atom. The molecule has 1 amide bonds. The quantitative estimate of drug-likeness (QED) is 0.806. The number of carbonyl (C=O) groups excluding carboxylic acids is 1. The normalized spacial score (nSPS) is 10.4. The number of aromatic nitrogens is 2. The fraction of sp³-hybridized carbons (Fsp3) is 0.0556. The van der Waals surface area contributed by atoms with Crippen LogP contribution in [0.25, 0.3) is 5.69 Å². The topological polar surface area (TPSA) is 64.0 Å². The number of hydrogen-bond acceptors (Lipinski definition) is 3. The largest absolute Gasteiger partial charge is 0.318 e. The van der Waals surface area contributed by atoms with Crippen LogP contribution >= 0.6 is 0 Å². The molecule has 3 rings (SSSR count). The van der Waals surface area contributed by atoms with Crippen molar-refractivity contribution in [1.82, 2.24) is 9.78 Å². The van der Waals surface area contributed by atoms with Gasteiger partial charge in [-0.3, -0.25) is 9.59 Å². The second kappa shape index (κ2) is 6.45. The number of halogens is 1. The number of hydrogen-bond donors (Lipinski definition) is 1. The van der Waals surface area contributed by atoms with Crippen LogP contribution in [0.4, 0.5) is 10.1 Å². The highest BCUT2D eigenvalue weighted by atomic mass is 19.1. The molecular weight excluding hydrogens is 309 g/mol. The van der Waals surface area contributed by atoms with E-state index in [1.165, 1.54) is 24.3 Å². The number of rotatable bonds is 3. The molecule has 0 saturated carbocycles. The van der Waals surface area contributed by atoms with Gasteiger partial charge in [0, 0.05) is 6.07 Å². The third-order valence-electron chi connectivity index (χ3n) is 3.41. The summed E-state index contributed by atoms with van der Waals surface area (Å²) < 4.78 is 15.0. The Labute approximate surface area is 137 Å². The molecule has 0 spiro atoms. The van der Waals surface area contributed by atoms with Crippen molar-refractivity contribution in [2.24, 2.45) is 0 Å². The van der Waals surface area contributed by atoms with Crippen LogP contribution in [0, 0.1) is 12.7 Å². The molecule has 6 heteroatoms. The zero-order valence-corrected chi connectivity index (χ0v) is 12.9. The van der Waals surface area contributed by atoms with Gasteiger partial charge in [-0.15, -0.1) is 0 Å². The van der Waals surface area contributed by atoms with Crippen molar-refractivity contribution in [2.75, 3.05) is 5.32 Å². The highest BCUT2D eigenvalue weighted by Crippen LogP contribution is 2.16. The van der Waals surface area contributed by atoms with E-state index in [-0.39, 0.29) is 16.9 Å². The van der Waals surface area contributed by atoms with Crippen molar-refractivity contribution < 1.29 is 9.18 Å². The molecule has 1 aromatic heterocycles. The van der Waals surface area contributed by atoms with E-state index in [0.717, 1.165) is 10.2 Å². The summed E-state index contributed by atoms with van der Waals surface area (Å²) in [7, 11) is 0. The number of amides is 1. The number of anilines is 1. The summed E-state index contributed by atoms with van der Waals surface area (Å²) >= 11 is 0. The van der Waals surface area contributed by atoms with E-state index in [1.54, 1.807) is 37.3 Å². The molecule has 0 aliphatic rings. The summed E-state index contributed by atoms with van der Waals surface area (Å²) in [6, 6.07) is 15.8. The minimum Gasteiger partial charge on any atom is -0.318 e. The van der Waals surface area contributed by atoms with Gasteiger partial charge >= 0.3 is 0 Å². The number of para-hydroxylation sites is 1. The van der Waals surface area contributed by atoms with Crippen LogP contribution in [0.5, 0.6) is 0 Å². The average molecular weight is 323 g/mol. The van der Waals surface area contributed by atoms with Crippen molar-refractivity contribution in [2.45, 2.75) is 6.92 Å². The molecular formula is C18H14FN3O2. The molecule has 0 aliphatic carbocycles. The van der Waals surface area contributed by atoms with E-state index in [9.17, 15) is 14.0 Å². The molecule has 120 valence electrons. The Balaban J connectivity index is 1.92. The summed E-state index contributed by atoms with van der Waals surface area (Å²) in [5, 5.41) is 6.52. The van der Waals surface area contributed by atoms with Crippen LogP contribution < -0.4 is 10.9 Å². The van der Waals surface area contributed by atoms with E-state index in [4.69, 9.17) is 0 Å². The minimum atomic E-state index is -0.595. The molecule has 3 aromatic rings. The molecule has 2 aromatic carbocycles. The Morgan fingerprint density at radius 2 is 1.83 bits per heavy atom. The standard InChI is InChI=1S/C18H14FN3O2/c1-12-7-8-15(14(19)11-12)20-18(24)16-9-10-17(23)22(21-16)13-5-3-2-4-6-13/h2-11H,1H3,(H,20,24). The minimum absolute atomic E-state index is 0.0124. The van der Waals surface area contributed by atoms with Crippen molar-refractivity contribution in [3.05, 3.63) is 88.1 Å². The van der Waals surface area contributed by atoms with Gasteiger partial charge in [-0.2, -0.15) is 9.78 Å². The van der Waals surface area contributed by atoms with Crippen molar-refractivity contribution in [3.8, 4) is 5.69 Å². The lowest BCUT2D eigenvalue weighted by Crippen LogP contribution is -2.25. The van der Waals surface area contributed by atoms with E-state index >= 15 is 0 Å². The van der Waals surface area contributed by atoms with Crippen molar-refractivity contribution in [3.63, 3.8) is 0 Å². The van der Waals surface area contributed by atoms with Gasteiger partial charge in [0.15, 0.2) is 0 Å². The first-order chi connectivity index (χ1) is 11.5. The van der Waals surface area contributed by atoms with Crippen LogP contribution in [0.3, 0.4) is 0 Å². The first-order valence-corrected chi connectivity index (χ1v) is 7.28. The predicted molar refractivity (Wildman–Crippen MR) is 88.9 cm³/mol. The fourth-order valence-electron chi connectivity index (χ4n) is 2.19. The summed E-state index contributed by atoms with van der Waals surface area (Å²) in [6.07, 6.45) is 0. The third kappa shape index (κ3) is 3.22. The second-order valence-electron chi connectivity index (χ2n) is 5.24. The summed E-state index contributed by atoms with van der Waals surface area (Å²) in [5.74, 6) is -1.12. The van der Waals surface area contributed by atoms with E-state index in [0.29, 0.717) is 5.69 Å². The molecule has 0 radical (unpaired) electrons. The lowest BCUT2D eigenvalue weighted by atomic mass is 10.2. The van der Waals surface area contributed by atoms with Gasteiger partial charge in [0.25, 0.3) is 11.5 Å². The molecule has 0 atom stereocenters. The first kappa shape index (κ1) is 15.6. The molecule has 0 bridgehead atoms. The molecule has 5 nitrogen and oxygen atoms in total. The maximum Gasteiger partial charge on any atom is 0.276 e. The summed E-state index contributed by atoms with van der Waals surface area (Å²) in [4.78, 5) is 24.2. The average Bonchev–Trinajstić information content (AvgIpc) is 2.58. The molecule has 0 saturated heterocycles. The highest BCUT2D eigenvalue weighted by Gasteiger charge is 2.13. The smallest absolute Gasteiger partial charge is 0.276 e. The van der Waals surface area contributed by atoms with Crippen LogP contribution in [0.2, 0.25) is 0 Å². The van der Waals surface area contributed by atoms with Gasteiger partial charge in [0.05, 0.1) is 11.4 Å². The Hall–Kier alpha value is -3.28. The molecule has 24 heavy (non-hydrogen) atoms. The third-order valence-corrected chi connectivity index (χ3v) is 3.41. The number of aryl methyl sites for hydroxylation is 1. The van der Waals surface area contributed by atoms with Gasteiger partial charge < -0.3 is 5.32 Å². The van der Waals surface area contributed by atoms with Gasteiger partial charge in [-0.05, 0) is 42.8 Å². The Morgan fingerprint density at radius 1 is 1.08 bits per heavy atom. The van der Waals surface area contributed by atoms with E-state index in [1.807, 2.05) is 6.07 Å². The molecule has 0 aliphatic heterocycles. The van der Waals surface area contributed by atoms with Crippen LogP contribution in [0.1, 0.15) is 16.1 Å². The number of nitrogens with one attached hydrogen (secondary N) is 1. The lowest BCUT2D eigenvalue weighted by Gasteiger charge is -2.08. The lowest BCUT2D eigenvalue weighted by molar-refractivity contribution is 0.102. The molecule has 1 N–H and O–H groups in total. The monoisotopic (exact) mass is 323 g/mol. The van der Waals surface area contributed by atoms with E-state index < -0.39 is 11.7 Å². The zero-order chi connectivity index (χ0) is 17.1. The number of nitrogens with zero attached hydrogens (tertiary/aromatic N) is 2. The first-order valence-electron chi connectivity index (χ1n) is 7.28. The Kier molecular flexibility index (Phi) is 4.20. The Bertz CT molecular complexity index is 952. The van der Waals surface area contributed by atoms with E-state index in [2.05, 4.69) is 10.4 Å². The highest BCUT2D eigenvalue weighted by molar-refractivity contribution is 6.02. The van der Waals surface area contributed by atoms with Gasteiger partial charge in [-0.25, -0.2) is 4.39 Å². The fourth-order valence-corrected chi connectivity index (χ4v) is 2.19. The van der Waals surface area contributed by atoms with Crippen LogP contribution in [0.15, 0.2) is 65.5 Å². The van der Waals surface area contributed by atoms with Crippen molar-refractivity contribution in [1.29, 1.82) is 0 Å². The van der Waals surface area contributed by atoms with Crippen LogP contribution in [-0.2, 0) is 0 Å². The van der Waals surface area contributed by atoms with Crippen LogP contribution in [-0.4, -0.2) is 15.7 Å². The summed E-state index contributed by atoms with van der Waals surface area (Å²) in [5.41, 5.74) is 1.00. The molecule has 0 fully saturated rings. The summed E-state index contributed by atoms with van der Waals surface area (Å²) in [6.45, 7) is 1.76. The number of benzene rings is 2. The predicted octanol–water partition coefficient (Wildman–Crippen LogP) is 2.93. The van der Waals surface area contributed by atoms with Gasteiger partial charge in [0.1, 0.15) is 11.5 Å². The maximum absolute atomic E-state index is 13.8. The maximum atomic E-state index is 13.8. The van der Waals surface area contributed by atoms with Crippen molar-refractivity contribution >= 4 is 11.6 Å². The molecule has 1 heterocycles.